The lowest BCUT2D eigenvalue weighted by Crippen LogP contribution is -1.91. The molecule has 218 valence electrons. The highest BCUT2D eigenvalue weighted by atomic mass is 16.3. The summed E-state index contributed by atoms with van der Waals surface area (Å²) in [5.74, 6) is 0. The van der Waals surface area contributed by atoms with Crippen LogP contribution in [0.3, 0.4) is 0 Å². The molecule has 10 rings (SSSR count). The summed E-state index contributed by atoms with van der Waals surface area (Å²) in [6.45, 7) is 0. The summed E-state index contributed by atoms with van der Waals surface area (Å²) in [4.78, 5) is 0. The lowest BCUT2D eigenvalue weighted by atomic mass is 9.84. The second kappa shape index (κ2) is 10.2. The van der Waals surface area contributed by atoms with E-state index < -0.39 is 268 Å². The van der Waals surface area contributed by atoms with Crippen LogP contribution in [-0.4, -0.2) is 0 Å². The third kappa shape index (κ3) is 3.90. The molecule has 0 fully saturated rings. The highest BCUT2D eigenvalue weighted by Gasteiger charge is 2.20. The van der Waals surface area contributed by atoms with Crippen LogP contribution in [0.25, 0.3) is 98.4 Å². The van der Waals surface area contributed by atoms with Crippen molar-refractivity contribution >= 4 is 65.0 Å². The monoisotopic (exact) mass is 624 g/mol. The van der Waals surface area contributed by atoms with Gasteiger partial charge in [-0.3, -0.25) is 0 Å². The summed E-state index contributed by atoms with van der Waals surface area (Å²) in [6.07, 6.45) is 0. The van der Waals surface area contributed by atoms with Crippen molar-refractivity contribution in [3.8, 4) is 33.4 Å². The van der Waals surface area contributed by atoms with Crippen molar-refractivity contribution in [1.82, 2.24) is 0 Å². The molecule has 10 aromatic rings. The Morgan fingerprint density at radius 3 is 1.57 bits per heavy atom. The highest BCUT2D eigenvalue weighted by molar-refractivity contribution is 6.25. The zero-order valence-corrected chi connectivity index (χ0v) is 23.4. The SMILES string of the molecule is [2H]c1c([2H])c(-c2c([2H])c([2H])c([2H])c3c([2H])c([2H])c4c([2H])c([2H])c([2H])c([2H])c4c23)c([2H])c([2H])c1-c1c2c([2H])c([2H])c([2H])c([2H])c2c(-c2c([2H])c([2H])c([2H])c3oc4c([2H])c([2H])c([2H])c([2H])c4c23)c2c([2H])c([2H])c([2H])c([2H])c12. The molecule has 1 aromatic heterocycles. The molecule has 9 aromatic carbocycles. The van der Waals surface area contributed by atoms with E-state index in [4.69, 9.17) is 29.1 Å². The van der Waals surface area contributed by atoms with Gasteiger partial charge in [0.05, 0.1) is 38.4 Å². The molecule has 0 aliphatic heterocycles. The number of fused-ring (bicyclic) bond motifs is 8. The lowest BCUT2D eigenvalue weighted by Gasteiger charge is -2.18. The normalized spacial score (nSPS) is 20.2. The van der Waals surface area contributed by atoms with E-state index in [-0.39, 0.29) is 0 Å². The second-order valence-electron chi connectivity index (χ2n) is 10.3. The summed E-state index contributed by atoms with van der Waals surface area (Å²) in [7, 11) is 0. The van der Waals surface area contributed by atoms with Crippen LogP contribution in [0.1, 0.15) is 38.4 Å². The Balaban J connectivity index is 1.49. The van der Waals surface area contributed by atoms with Gasteiger partial charge in [0, 0.05) is 10.8 Å². The first-order valence-electron chi connectivity index (χ1n) is 27.9. The van der Waals surface area contributed by atoms with Gasteiger partial charge in [-0.25, -0.2) is 0 Å². The fourth-order valence-corrected chi connectivity index (χ4v) is 5.89. The van der Waals surface area contributed by atoms with E-state index in [0.717, 1.165) is 0 Å². The largest absolute Gasteiger partial charge is 0.456 e. The zero-order chi connectivity index (χ0) is 55.3. The molecule has 0 spiro atoms. The van der Waals surface area contributed by atoms with Crippen molar-refractivity contribution < 1.29 is 42.8 Å². The molecule has 0 saturated heterocycles. The Morgan fingerprint density at radius 1 is 0.319 bits per heavy atom. The van der Waals surface area contributed by atoms with E-state index in [9.17, 15) is 13.7 Å². The lowest BCUT2D eigenvalue weighted by molar-refractivity contribution is 0.669. The molecule has 0 N–H and O–H groups in total. The predicted molar refractivity (Wildman–Crippen MR) is 200 cm³/mol. The standard InChI is InChI=1S/C46H28O/c1-2-13-33-29(11-1)23-26-31-12-9-19-34(43(31)33)30-24-27-32(28-25-30)44-35-14-3-5-16-37(35)45(38-17-6-4-15-36(38)44)40-20-10-22-42-46(40)39-18-7-8-21-41(39)47-42/h1-28H/i1D,2D,3D,4D,5D,6D,7D,8D,9D,10D,11D,12D,13D,14D,15D,16D,17D,18D,19D,20D,21D,22D,23D,24D,25D,26D,27D,28D. The van der Waals surface area contributed by atoms with Crippen molar-refractivity contribution in [2.45, 2.75) is 0 Å². The third-order valence-electron chi connectivity index (χ3n) is 7.82. The van der Waals surface area contributed by atoms with E-state index in [1.807, 2.05) is 0 Å². The number of hydrogen-bond acceptors (Lipinski definition) is 1. The summed E-state index contributed by atoms with van der Waals surface area (Å²) in [6, 6.07) is -26.1. The molecule has 1 heterocycles. The van der Waals surface area contributed by atoms with Gasteiger partial charge in [-0.05, 0) is 88.6 Å². The van der Waals surface area contributed by atoms with Gasteiger partial charge in [0.25, 0.3) is 0 Å². The molecular formula is C46H28O. The minimum atomic E-state index is -1.13. The van der Waals surface area contributed by atoms with Crippen molar-refractivity contribution in [3.05, 3.63) is 169 Å². The number of para-hydroxylation sites is 1. The topological polar surface area (TPSA) is 13.1 Å². The van der Waals surface area contributed by atoms with Crippen LogP contribution >= 0.6 is 0 Å². The molecule has 0 aliphatic carbocycles. The van der Waals surface area contributed by atoms with Crippen LogP contribution in [0.15, 0.2) is 174 Å². The number of furan rings is 1. The van der Waals surface area contributed by atoms with Gasteiger partial charge >= 0.3 is 0 Å². The van der Waals surface area contributed by atoms with Crippen LogP contribution in [0, 0.1) is 0 Å². The molecule has 0 aliphatic rings. The molecule has 1 nitrogen and oxygen atoms in total. The van der Waals surface area contributed by atoms with Gasteiger partial charge in [0.15, 0.2) is 0 Å². The molecule has 0 radical (unpaired) electrons. The Hall–Kier alpha value is -6.18. The van der Waals surface area contributed by atoms with Gasteiger partial charge in [0.2, 0.25) is 0 Å². The Bertz CT molecular complexity index is 4330. The number of benzene rings is 9. The van der Waals surface area contributed by atoms with Crippen LogP contribution in [-0.2, 0) is 0 Å². The van der Waals surface area contributed by atoms with Gasteiger partial charge < -0.3 is 4.42 Å². The summed E-state index contributed by atoms with van der Waals surface area (Å²) >= 11 is 0. The molecule has 0 atom stereocenters. The quantitative estimate of drug-likeness (QED) is 0.141. The highest BCUT2D eigenvalue weighted by Crippen LogP contribution is 2.47. The van der Waals surface area contributed by atoms with Gasteiger partial charge in [0.1, 0.15) is 11.2 Å². The summed E-state index contributed by atoms with van der Waals surface area (Å²) < 4.78 is 258. The Labute approximate surface area is 311 Å². The van der Waals surface area contributed by atoms with E-state index >= 15 is 0 Å². The van der Waals surface area contributed by atoms with Crippen molar-refractivity contribution in [3.63, 3.8) is 0 Å². The van der Waals surface area contributed by atoms with E-state index in [2.05, 4.69) is 0 Å². The number of rotatable bonds is 3. The Kier molecular flexibility index (Phi) is 2.31. The summed E-state index contributed by atoms with van der Waals surface area (Å²) in [5, 5.41) is -6.28. The summed E-state index contributed by atoms with van der Waals surface area (Å²) in [5.41, 5.74) is -5.79. The molecule has 0 unspecified atom stereocenters. The van der Waals surface area contributed by atoms with E-state index in [1.165, 1.54) is 0 Å². The Morgan fingerprint density at radius 2 is 0.830 bits per heavy atom. The first kappa shape index (κ1) is 10.7. The smallest absolute Gasteiger partial charge is 0.136 e. The fraction of sp³-hybridized carbons (Fsp3) is 0. The number of hydrogen-bond donors (Lipinski definition) is 0. The minimum absolute atomic E-state index is 0.481. The van der Waals surface area contributed by atoms with E-state index in [0.29, 0.717) is 0 Å². The van der Waals surface area contributed by atoms with E-state index in [1.54, 1.807) is 0 Å². The first-order chi connectivity index (χ1) is 35.0. The molecule has 0 saturated carbocycles. The van der Waals surface area contributed by atoms with Crippen molar-refractivity contribution in [2.24, 2.45) is 0 Å². The van der Waals surface area contributed by atoms with Gasteiger partial charge in [-0.1, -0.05) is 157 Å². The molecule has 0 bridgehead atoms. The van der Waals surface area contributed by atoms with Gasteiger partial charge in [-0.15, -0.1) is 0 Å². The van der Waals surface area contributed by atoms with Crippen molar-refractivity contribution in [1.29, 1.82) is 0 Å². The van der Waals surface area contributed by atoms with Crippen molar-refractivity contribution in [2.75, 3.05) is 0 Å². The first-order valence-corrected chi connectivity index (χ1v) is 13.9. The third-order valence-corrected chi connectivity index (χ3v) is 7.82. The zero-order valence-electron chi connectivity index (χ0n) is 51.4. The maximum Gasteiger partial charge on any atom is 0.136 e. The van der Waals surface area contributed by atoms with Crippen LogP contribution < -0.4 is 0 Å². The maximum absolute atomic E-state index is 9.70. The fourth-order valence-electron chi connectivity index (χ4n) is 5.89. The van der Waals surface area contributed by atoms with Crippen LogP contribution in [0.5, 0.6) is 0 Å². The molecular weight excluding hydrogens is 569 g/mol. The maximum atomic E-state index is 9.70. The van der Waals surface area contributed by atoms with Gasteiger partial charge in [-0.2, -0.15) is 0 Å². The van der Waals surface area contributed by atoms with Crippen LogP contribution in [0.4, 0.5) is 0 Å². The minimum Gasteiger partial charge on any atom is -0.456 e. The average molecular weight is 625 g/mol. The average Bonchev–Trinajstić information content (AvgIpc) is 3.84. The molecule has 1 heteroatoms. The molecule has 47 heavy (non-hydrogen) atoms. The molecule has 0 amide bonds. The van der Waals surface area contributed by atoms with Crippen LogP contribution in [0.2, 0.25) is 0 Å². The predicted octanol–water partition coefficient (Wildman–Crippen LogP) is 13.2. The second-order valence-corrected chi connectivity index (χ2v) is 10.3.